The molecule has 1 atom stereocenters. The third kappa shape index (κ3) is 5.35. The van der Waals surface area contributed by atoms with Gasteiger partial charge in [0, 0.05) is 43.6 Å². The van der Waals surface area contributed by atoms with Crippen molar-refractivity contribution >= 4 is 29.2 Å². The summed E-state index contributed by atoms with van der Waals surface area (Å²) in [6.45, 7) is 0.378. The summed E-state index contributed by atoms with van der Waals surface area (Å²) >= 11 is 0. The molecule has 2 aromatic rings. The number of ether oxygens (including phenoxy) is 4. The van der Waals surface area contributed by atoms with E-state index in [9.17, 15) is 14.4 Å². The van der Waals surface area contributed by atoms with Gasteiger partial charge in [0.2, 0.25) is 5.91 Å². The Morgan fingerprint density at radius 2 is 1.61 bits per heavy atom. The molecule has 1 fully saturated rings. The lowest BCUT2D eigenvalue weighted by Gasteiger charge is -2.21. The van der Waals surface area contributed by atoms with Gasteiger partial charge in [-0.05, 0) is 12.1 Å². The first-order chi connectivity index (χ1) is 15.9. The van der Waals surface area contributed by atoms with Crippen LogP contribution in [0.3, 0.4) is 0 Å². The van der Waals surface area contributed by atoms with Crippen molar-refractivity contribution in [3.63, 3.8) is 0 Å². The van der Waals surface area contributed by atoms with Crippen molar-refractivity contribution in [3.8, 4) is 17.2 Å². The van der Waals surface area contributed by atoms with Crippen molar-refractivity contribution in [2.75, 3.05) is 51.8 Å². The van der Waals surface area contributed by atoms with Crippen LogP contribution in [0.4, 0.5) is 16.2 Å². The van der Waals surface area contributed by atoms with Gasteiger partial charge < -0.3 is 29.2 Å². The average Bonchev–Trinajstić information content (AvgIpc) is 3.05. The van der Waals surface area contributed by atoms with E-state index in [1.54, 1.807) is 42.5 Å². The van der Waals surface area contributed by atoms with Crippen LogP contribution in [0.5, 0.6) is 17.2 Å². The highest BCUT2D eigenvalue weighted by Crippen LogP contribution is 2.30. The maximum atomic E-state index is 13.2. The van der Waals surface area contributed by atoms with Crippen molar-refractivity contribution in [2.45, 2.75) is 12.5 Å². The third-order valence-electron chi connectivity index (χ3n) is 5.18. The van der Waals surface area contributed by atoms with Gasteiger partial charge in [-0.2, -0.15) is 0 Å². The highest BCUT2D eigenvalue weighted by atomic mass is 16.5. The van der Waals surface area contributed by atoms with Crippen LogP contribution in [0.1, 0.15) is 6.42 Å². The number of nitrogens with zero attached hydrogens (tertiary/aromatic N) is 2. The topological polar surface area (TPSA) is 107 Å². The first-order valence-electron chi connectivity index (χ1n) is 10.2. The summed E-state index contributed by atoms with van der Waals surface area (Å²) in [4.78, 5) is 41.6. The molecule has 10 heteroatoms. The maximum Gasteiger partial charge on any atom is 0.332 e. The number of carbonyl (C=O) groups is 3. The number of anilines is 2. The second-order valence-corrected chi connectivity index (χ2v) is 7.21. The molecule has 4 amide bonds. The number of hydrogen-bond donors (Lipinski definition) is 1. The molecule has 1 heterocycles. The summed E-state index contributed by atoms with van der Waals surface area (Å²) in [6.07, 6.45) is -0.228. The average molecular weight is 457 g/mol. The number of imide groups is 1. The molecule has 10 nitrogen and oxygen atoms in total. The molecule has 0 radical (unpaired) electrons. The van der Waals surface area contributed by atoms with Crippen molar-refractivity contribution < 1.29 is 33.3 Å². The van der Waals surface area contributed by atoms with Crippen LogP contribution in [-0.2, 0) is 14.3 Å². The number of benzene rings is 2. The molecule has 0 aliphatic carbocycles. The van der Waals surface area contributed by atoms with Crippen molar-refractivity contribution in [1.29, 1.82) is 0 Å². The van der Waals surface area contributed by atoms with E-state index in [1.807, 2.05) is 0 Å². The Bertz CT molecular complexity index is 1000. The lowest BCUT2D eigenvalue weighted by molar-refractivity contribution is -0.124. The standard InChI is InChI=1S/C23H27N3O7/c1-30-9-8-25-20(14-21(27)24-15-10-18(32-3)13-19(11-15)33-4)22(28)26(23(25)29)16-6-5-7-17(12-16)31-2/h5-7,10-13,20H,8-9,14H2,1-4H3,(H,24,27)/t20-/m0/s1. The SMILES string of the molecule is COCCN1C(=O)N(c2cccc(OC)c2)C(=O)[C@@H]1CC(=O)Nc1cc(OC)cc(OC)c1. The Hall–Kier alpha value is -3.79. The minimum atomic E-state index is -0.980. The largest absolute Gasteiger partial charge is 0.497 e. The van der Waals surface area contributed by atoms with Crippen LogP contribution in [-0.4, -0.2) is 70.4 Å². The zero-order valence-corrected chi connectivity index (χ0v) is 19.0. The van der Waals surface area contributed by atoms with Crippen LogP contribution in [0.15, 0.2) is 42.5 Å². The Kier molecular flexibility index (Phi) is 7.73. The normalized spacial score (nSPS) is 15.6. The summed E-state index contributed by atoms with van der Waals surface area (Å²) in [5.41, 5.74) is 0.813. The minimum Gasteiger partial charge on any atom is -0.497 e. The number of urea groups is 1. The number of carbonyl (C=O) groups excluding carboxylic acids is 3. The summed E-state index contributed by atoms with van der Waals surface area (Å²) < 4.78 is 20.7. The van der Waals surface area contributed by atoms with Gasteiger partial charge in [0.25, 0.3) is 5.91 Å². The van der Waals surface area contributed by atoms with E-state index < -0.39 is 23.9 Å². The highest BCUT2D eigenvalue weighted by molar-refractivity contribution is 6.22. The molecule has 1 aliphatic rings. The molecule has 0 unspecified atom stereocenters. The van der Waals surface area contributed by atoms with E-state index in [0.29, 0.717) is 28.6 Å². The van der Waals surface area contributed by atoms with Crippen molar-refractivity contribution in [1.82, 2.24) is 4.90 Å². The number of amides is 4. The van der Waals surface area contributed by atoms with E-state index in [-0.39, 0.29) is 19.6 Å². The highest BCUT2D eigenvalue weighted by Gasteiger charge is 2.46. The van der Waals surface area contributed by atoms with Gasteiger partial charge in [0.05, 0.1) is 40.0 Å². The van der Waals surface area contributed by atoms with Crippen LogP contribution in [0.25, 0.3) is 0 Å². The van der Waals surface area contributed by atoms with Gasteiger partial charge in [-0.15, -0.1) is 0 Å². The van der Waals surface area contributed by atoms with E-state index >= 15 is 0 Å². The fraction of sp³-hybridized carbons (Fsp3) is 0.348. The zero-order valence-electron chi connectivity index (χ0n) is 19.0. The van der Waals surface area contributed by atoms with Crippen LogP contribution in [0.2, 0.25) is 0 Å². The molecular weight excluding hydrogens is 430 g/mol. The van der Waals surface area contributed by atoms with Crippen LogP contribution in [0, 0.1) is 0 Å². The summed E-state index contributed by atoms with van der Waals surface area (Å²) in [6, 6.07) is 10.1. The number of nitrogens with one attached hydrogen (secondary N) is 1. The van der Waals surface area contributed by atoms with Gasteiger partial charge in [-0.25, -0.2) is 9.69 Å². The second kappa shape index (κ2) is 10.7. The molecule has 176 valence electrons. The second-order valence-electron chi connectivity index (χ2n) is 7.21. The Labute approximate surface area is 192 Å². The predicted molar refractivity (Wildman–Crippen MR) is 121 cm³/mol. The predicted octanol–water partition coefficient (Wildman–Crippen LogP) is 2.52. The fourth-order valence-corrected chi connectivity index (χ4v) is 3.53. The minimum absolute atomic E-state index is 0.159. The smallest absolute Gasteiger partial charge is 0.332 e. The van der Waals surface area contributed by atoms with Crippen molar-refractivity contribution in [3.05, 3.63) is 42.5 Å². The molecule has 0 aromatic heterocycles. The monoisotopic (exact) mass is 457 g/mol. The lowest BCUT2D eigenvalue weighted by atomic mass is 10.1. The molecule has 0 spiro atoms. The molecule has 33 heavy (non-hydrogen) atoms. The molecule has 1 N–H and O–H groups in total. The van der Waals surface area contributed by atoms with E-state index in [1.165, 1.54) is 33.3 Å². The maximum absolute atomic E-state index is 13.2. The van der Waals surface area contributed by atoms with Gasteiger partial charge in [0.15, 0.2) is 0 Å². The van der Waals surface area contributed by atoms with Gasteiger partial charge in [-0.3, -0.25) is 9.59 Å². The molecule has 0 saturated carbocycles. The van der Waals surface area contributed by atoms with E-state index in [4.69, 9.17) is 18.9 Å². The molecular formula is C23H27N3O7. The first kappa shape index (κ1) is 23.9. The molecule has 0 bridgehead atoms. The lowest BCUT2D eigenvalue weighted by Crippen LogP contribution is -2.39. The first-order valence-corrected chi connectivity index (χ1v) is 10.2. The number of rotatable bonds is 10. The zero-order chi connectivity index (χ0) is 24.0. The quantitative estimate of drug-likeness (QED) is 0.547. The molecule has 3 rings (SSSR count). The number of methoxy groups -OCH3 is 4. The summed E-state index contributed by atoms with van der Waals surface area (Å²) in [5.74, 6) is 0.573. The summed E-state index contributed by atoms with van der Waals surface area (Å²) in [5, 5.41) is 2.74. The van der Waals surface area contributed by atoms with Crippen LogP contribution >= 0.6 is 0 Å². The molecule has 2 aromatic carbocycles. The Morgan fingerprint density at radius 1 is 0.939 bits per heavy atom. The van der Waals surface area contributed by atoms with Gasteiger partial charge >= 0.3 is 6.03 Å². The van der Waals surface area contributed by atoms with Gasteiger partial charge in [0.1, 0.15) is 23.3 Å². The molecule has 1 saturated heterocycles. The van der Waals surface area contributed by atoms with E-state index in [2.05, 4.69) is 5.32 Å². The summed E-state index contributed by atoms with van der Waals surface area (Å²) in [7, 11) is 6.01. The molecule has 1 aliphatic heterocycles. The van der Waals surface area contributed by atoms with Crippen molar-refractivity contribution in [2.24, 2.45) is 0 Å². The van der Waals surface area contributed by atoms with Crippen LogP contribution < -0.4 is 24.4 Å². The number of hydrogen-bond acceptors (Lipinski definition) is 7. The van der Waals surface area contributed by atoms with Gasteiger partial charge in [-0.1, -0.05) is 6.07 Å². The van der Waals surface area contributed by atoms with E-state index in [0.717, 1.165) is 4.90 Å². The third-order valence-corrected chi connectivity index (χ3v) is 5.18. The Morgan fingerprint density at radius 3 is 2.21 bits per heavy atom. The fourth-order valence-electron chi connectivity index (χ4n) is 3.53. The Balaban J connectivity index is 1.82.